The van der Waals surface area contributed by atoms with Crippen LogP contribution in [0.4, 0.5) is 0 Å². The number of aromatic nitrogens is 7. The monoisotopic (exact) mass is 387 g/mol. The molecule has 0 saturated carbocycles. The van der Waals surface area contributed by atoms with Gasteiger partial charge in [0.2, 0.25) is 0 Å². The van der Waals surface area contributed by atoms with Crippen LogP contribution in [-0.4, -0.2) is 41.6 Å². The molecule has 0 amide bonds. The van der Waals surface area contributed by atoms with E-state index in [1.54, 1.807) is 19.6 Å². The molecular formula is C21H21N7O. The van der Waals surface area contributed by atoms with Crippen molar-refractivity contribution in [1.82, 2.24) is 34.5 Å². The Balaban J connectivity index is 1.53. The van der Waals surface area contributed by atoms with Crippen molar-refractivity contribution in [2.24, 2.45) is 0 Å². The molecule has 0 saturated heterocycles. The number of methoxy groups -OCH3 is 1. The minimum atomic E-state index is 0.215. The number of hydrogen-bond acceptors (Lipinski definition) is 6. The van der Waals surface area contributed by atoms with Gasteiger partial charge in [-0.15, -0.1) is 5.10 Å². The van der Waals surface area contributed by atoms with Gasteiger partial charge in [-0.05, 0) is 24.6 Å². The summed E-state index contributed by atoms with van der Waals surface area (Å²) in [5.74, 6) is 4.49. The quantitative estimate of drug-likeness (QED) is 0.523. The summed E-state index contributed by atoms with van der Waals surface area (Å²) in [6.07, 6.45) is 5.72. The van der Waals surface area contributed by atoms with Crippen LogP contribution in [0.3, 0.4) is 0 Å². The lowest BCUT2D eigenvalue weighted by molar-refractivity contribution is 0.410. The molecule has 1 aromatic carbocycles. The van der Waals surface area contributed by atoms with Gasteiger partial charge in [0.05, 0.1) is 7.11 Å². The molecule has 8 heteroatoms. The summed E-state index contributed by atoms with van der Waals surface area (Å²) in [5, 5.41) is 9.10. The molecule has 0 aliphatic carbocycles. The Morgan fingerprint density at radius 2 is 2.00 bits per heavy atom. The highest BCUT2D eigenvalue weighted by Gasteiger charge is 2.27. The Labute approximate surface area is 168 Å². The van der Waals surface area contributed by atoms with Crippen molar-refractivity contribution in [3.8, 4) is 11.6 Å². The molecule has 0 radical (unpaired) electrons. The summed E-state index contributed by atoms with van der Waals surface area (Å²) in [7, 11) is 1.68. The number of hydrogen-bond donors (Lipinski definition) is 0. The van der Waals surface area contributed by atoms with Crippen LogP contribution in [0.25, 0.3) is 5.82 Å². The average molecular weight is 387 g/mol. The maximum absolute atomic E-state index is 5.49. The van der Waals surface area contributed by atoms with E-state index in [2.05, 4.69) is 15.1 Å². The molecule has 29 heavy (non-hydrogen) atoms. The lowest BCUT2D eigenvalue weighted by atomic mass is 9.97. The molecule has 1 aliphatic heterocycles. The number of fused-ring (bicyclic) bond motifs is 1. The van der Waals surface area contributed by atoms with E-state index >= 15 is 0 Å². The Kier molecular flexibility index (Phi) is 4.51. The lowest BCUT2D eigenvalue weighted by Gasteiger charge is -2.21. The summed E-state index contributed by atoms with van der Waals surface area (Å²) < 4.78 is 9.34. The number of rotatable bonds is 5. The number of nitrogens with zero attached hydrogens (tertiary/aromatic N) is 7. The molecule has 0 N–H and O–H groups in total. The van der Waals surface area contributed by atoms with E-state index < -0.39 is 0 Å². The molecule has 4 heterocycles. The van der Waals surface area contributed by atoms with Crippen LogP contribution in [0.15, 0.2) is 55.0 Å². The van der Waals surface area contributed by atoms with Gasteiger partial charge in [-0.3, -0.25) is 4.68 Å². The first-order valence-electron chi connectivity index (χ1n) is 9.67. The van der Waals surface area contributed by atoms with Gasteiger partial charge in [-0.2, -0.15) is 9.78 Å². The molecule has 5 rings (SSSR count). The molecule has 1 atom stereocenters. The SMILES string of the molecule is COc1ccccc1Cc1nc(C2CCn3ncnc3C2)n(-c2ccccn2)n1. The van der Waals surface area contributed by atoms with E-state index in [1.807, 2.05) is 51.8 Å². The minimum Gasteiger partial charge on any atom is -0.496 e. The molecular weight excluding hydrogens is 366 g/mol. The van der Waals surface area contributed by atoms with Crippen LogP contribution in [0, 0.1) is 0 Å². The van der Waals surface area contributed by atoms with Crippen LogP contribution in [0.2, 0.25) is 0 Å². The first kappa shape index (κ1) is 17.5. The fraction of sp³-hybridized carbons (Fsp3) is 0.286. The number of pyridine rings is 1. The van der Waals surface area contributed by atoms with Gasteiger partial charge in [-0.25, -0.2) is 15.0 Å². The Morgan fingerprint density at radius 1 is 1.10 bits per heavy atom. The van der Waals surface area contributed by atoms with Crippen molar-refractivity contribution in [2.75, 3.05) is 7.11 Å². The van der Waals surface area contributed by atoms with Crippen molar-refractivity contribution >= 4 is 0 Å². The Bertz CT molecular complexity index is 1120. The van der Waals surface area contributed by atoms with Crippen LogP contribution in [0.5, 0.6) is 5.75 Å². The fourth-order valence-corrected chi connectivity index (χ4v) is 3.83. The Morgan fingerprint density at radius 3 is 2.86 bits per heavy atom. The predicted octanol–water partition coefficient (Wildman–Crippen LogP) is 2.58. The second-order valence-corrected chi connectivity index (χ2v) is 7.06. The first-order chi connectivity index (χ1) is 14.3. The van der Waals surface area contributed by atoms with Gasteiger partial charge in [0.1, 0.15) is 23.7 Å². The third-order valence-corrected chi connectivity index (χ3v) is 5.26. The van der Waals surface area contributed by atoms with Gasteiger partial charge in [0, 0.05) is 37.1 Å². The number of benzene rings is 1. The molecule has 0 spiro atoms. The van der Waals surface area contributed by atoms with Crippen molar-refractivity contribution in [2.45, 2.75) is 31.7 Å². The van der Waals surface area contributed by atoms with E-state index in [4.69, 9.17) is 14.8 Å². The van der Waals surface area contributed by atoms with Crippen molar-refractivity contribution in [1.29, 1.82) is 0 Å². The van der Waals surface area contributed by atoms with Gasteiger partial charge >= 0.3 is 0 Å². The summed E-state index contributed by atoms with van der Waals surface area (Å²) in [6.45, 7) is 0.830. The zero-order chi connectivity index (χ0) is 19.6. The topological polar surface area (TPSA) is 83.5 Å². The van der Waals surface area contributed by atoms with E-state index in [9.17, 15) is 0 Å². The average Bonchev–Trinajstić information content (AvgIpc) is 3.41. The first-order valence-corrected chi connectivity index (χ1v) is 9.67. The molecule has 1 unspecified atom stereocenters. The van der Waals surface area contributed by atoms with Crippen LogP contribution >= 0.6 is 0 Å². The summed E-state index contributed by atoms with van der Waals surface area (Å²) in [5.41, 5.74) is 1.06. The van der Waals surface area contributed by atoms with Crippen molar-refractivity contribution < 1.29 is 4.74 Å². The summed E-state index contributed by atoms with van der Waals surface area (Å²) in [6, 6.07) is 13.8. The van der Waals surface area contributed by atoms with Gasteiger partial charge in [0.25, 0.3) is 0 Å². The maximum Gasteiger partial charge on any atom is 0.155 e. The molecule has 1 aliphatic rings. The summed E-state index contributed by atoms with van der Waals surface area (Å²) >= 11 is 0. The molecule has 8 nitrogen and oxygen atoms in total. The van der Waals surface area contributed by atoms with Crippen LogP contribution < -0.4 is 4.74 Å². The highest BCUT2D eigenvalue weighted by atomic mass is 16.5. The van der Waals surface area contributed by atoms with Gasteiger partial charge in [0.15, 0.2) is 11.6 Å². The standard InChI is InChI=1S/C21H21N7O/c1-29-17-7-3-2-6-15(17)12-18-25-21(28(26-18)19-8-4-5-10-22-19)16-9-11-27-20(13-16)23-14-24-27/h2-8,10,14,16H,9,11-13H2,1H3. The molecule has 146 valence electrons. The predicted molar refractivity (Wildman–Crippen MR) is 106 cm³/mol. The molecule has 0 bridgehead atoms. The van der Waals surface area contributed by atoms with E-state index in [1.165, 1.54) is 0 Å². The second-order valence-electron chi connectivity index (χ2n) is 7.06. The fourth-order valence-electron chi connectivity index (χ4n) is 3.83. The largest absolute Gasteiger partial charge is 0.496 e. The third-order valence-electron chi connectivity index (χ3n) is 5.26. The molecule has 0 fully saturated rings. The van der Waals surface area contributed by atoms with Crippen LogP contribution in [0.1, 0.15) is 35.4 Å². The molecule has 4 aromatic rings. The highest BCUT2D eigenvalue weighted by molar-refractivity contribution is 5.35. The highest BCUT2D eigenvalue weighted by Crippen LogP contribution is 2.29. The number of aryl methyl sites for hydroxylation is 1. The summed E-state index contributed by atoms with van der Waals surface area (Å²) in [4.78, 5) is 13.8. The van der Waals surface area contributed by atoms with E-state index in [0.717, 1.165) is 54.0 Å². The normalized spacial score (nSPS) is 15.8. The zero-order valence-corrected chi connectivity index (χ0v) is 16.1. The smallest absolute Gasteiger partial charge is 0.155 e. The number of ether oxygens (including phenoxy) is 1. The third kappa shape index (κ3) is 3.37. The van der Waals surface area contributed by atoms with Gasteiger partial charge in [-0.1, -0.05) is 24.3 Å². The van der Waals surface area contributed by atoms with E-state index in [0.29, 0.717) is 6.42 Å². The van der Waals surface area contributed by atoms with E-state index in [-0.39, 0.29) is 5.92 Å². The van der Waals surface area contributed by atoms with Crippen LogP contribution in [-0.2, 0) is 19.4 Å². The number of para-hydroxylation sites is 1. The zero-order valence-electron chi connectivity index (χ0n) is 16.1. The minimum absolute atomic E-state index is 0.215. The Hall–Kier alpha value is -3.55. The van der Waals surface area contributed by atoms with Gasteiger partial charge < -0.3 is 4.74 Å². The van der Waals surface area contributed by atoms with Crippen molar-refractivity contribution in [3.63, 3.8) is 0 Å². The molecule has 3 aromatic heterocycles. The lowest BCUT2D eigenvalue weighted by Crippen LogP contribution is -2.22. The maximum atomic E-state index is 5.49. The van der Waals surface area contributed by atoms with Crippen molar-refractivity contribution in [3.05, 3.63) is 78.0 Å². The second kappa shape index (κ2) is 7.46.